The highest BCUT2D eigenvalue weighted by Crippen LogP contribution is 2.35. The lowest BCUT2D eigenvalue weighted by atomic mass is 9.89. The first-order valence-corrected chi connectivity index (χ1v) is 6.25. The first-order valence-electron chi connectivity index (χ1n) is 6.25. The number of carbonyl (C=O) groups excluding carboxylic acids is 1. The maximum atomic E-state index is 13.0. The minimum atomic E-state index is -4.28. The van der Waals surface area contributed by atoms with E-state index in [0.29, 0.717) is 25.9 Å². The van der Waals surface area contributed by atoms with Gasteiger partial charge in [0.2, 0.25) is 5.91 Å². The first-order chi connectivity index (χ1) is 8.45. The van der Waals surface area contributed by atoms with Gasteiger partial charge in [0.05, 0.1) is 5.92 Å². The van der Waals surface area contributed by atoms with Crippen LogP contribution in [0, 0.1) is 5.92 Å². The molecule has 0 aliphatic carbocycles. The normalized spacial score (nSPS) is 31.0. The molecule has 2 aliphatic rings. The van der Waals surface area contributed by atoms with E-state index >= 15 is 0 Å². The van der Waals surface area contributed by atoms with Crippen molar-refractivity contribution in [3.63, 3.8) is 0 Å². The van der Waals surface area contributed by atoms with Crippen molar-refractivity contribution in [2.45, 2.75) is 37.5 Å². The molecule has 0 aromatic heterocycles. The number of likely N-dealkylation sites (tertiary alicyclic amines) is 1. The Bertz CT molecular complexity index is 321. The number of alkyl halides is 3. The van der Waals surface area contributed by atoms with E-state index in [9.17, 15) is 18.0 Å². The second kappa shape index (κ2) is 5.05. The summed E-state index contributed by atoms with van der Waals surface area (Å²) in [6, 6.07) is -1.85. The summed E-state index contributed by atoms with van der Waals surface area (Å²) in [6.45, 7) is 0.709. The van der Waals surface area contributed by atoms with Crippen LogP contribution in [0.4, 0.5) is 13.2 Å². The minimum absolute atomic E-state index is 0.000557. The third kappa shape index (κ3) is 2.47. The quantitative estimate of drug-likeness (QED) is 0.780. The van der Waals surface area contributed by atoms with Crippen LogP contribution in [0.15, 0.2) is 0 Å². The predicted octanol–water partition coefficient (Wildman–Crippen LogP) is 0.476. The molecule has 2 aliphatic heterocycles. The number of carbonyl (C=O) groups is 1. The molecule has 0 saturated carbocycles. The van der Waals surface area contributed by atoms with Gasteiger partial charge in [0.15, 0.2) is 0 Å². The van der Waals surface area contributed by atoms with E-state index in [1.54, 1.807) is 0 Å². The molecule has 4 nitrogen and oxygen atoms in total. The van der Waals surface area contributed by atoms with Crippen LogP contribution < -0.4 is 11.1 Å². The van der Waals surface area contributed by atoms with Gasteiger partial charge in [0, 0.05) is 12.6 Å². The number of rotatable bonds is 3. The van der Waals surface area contributed by atoms with Crippen molar-refractivity contribution in [3.05, 3.63) is 0 Å². The molecular formula is C11H18F3N3O. The molecule has 0 aromatic carbocycles. The Morgan fingerprint density at radius 2 is 2.22 bits per heavy atom. The van der Waals surface area contributed by atoms with Crippen molar-refractivity contribution in [2.24, 2.45) is 11.7 Å². The highest BCUT2D eigenvalue weighted by atomic mass is 19.4. The van der Waals surface area contributed by atoms with E-state index in [4.69, 9.17) is 5.73 Å². The molecule has 1 amide bonds. The molecule has 0 radical (unpaired) electrons. The summed E-state index contributed by atoms with van der Waals surface area (Å²) in [5.74, 6) is -0.403. The standard InChI is InChI=1S/C11H18F3N3O/c12-11(13,14)9(3-4-15)17-5-1-2-7-8(17)6-16-10(7)18/h7-9H,1-6,15H2,(H,16,18). The van der Waals surface area contributed by atoms with Gasteiger partial charge in [-0.15, -0.1) is 0 Å². The number of hydrogen-bond acceptors (Lipinski definition) is 3. The van der Waals surface area contributed by atoms with Crippen LogP contribution in [-0.2, 0) is 4.79 Å². The smallest absolute Gasteiger partial charge is 0.354 e. The Balaban J connectivity index is 2.16. The summed E-state index contributed by atoms with van der Waals surface area (Å²) in [6.07, 6.45) is -3.08. The summed E-state index contributed by atoms with van der Waals surface area (Å²) in [5.41, 5.74) is 5.29. The second-order valence-electron chi connectivity index (χ2n) is 4.93. The molecule has 18 heavy (non-hydrogen) atoms. The molecule has 0 spiro atoms. The molecular weight excluding hydrogens is 247 g/mol. The lowest BCUT2D eigenvalue weighted by Crippen LogP contribution is -2.56. The highest BCUT2D eigenvalue weighted by Gasteiger charge is 2.50. The Kier molecular flexibility index (Phi) is 3.82. The Labute approximate surface area is 104 Å². The van der Waals surface area contributed by atoms with Crippen LogP contribution in [0.3, 0.4) is 0 Å². The molecule has 0 aromatic rings. The van der Waals surface area contributed by atoms with Crippen LogP contribution in [0.2, 0.25) is 0 Å². The molecule has 2 fully saturated rings. The Morgan fingerprint density at radius 3 is 2.83 bits per heavy atom. The van der Waals surface area contributed by atoms with Crippen molar-refractivity contribution in [1.82, 2.24) is 10.2 Å². The Morgan fingerprint density at radius 1 is 1.50 bits per heavy atom. The van der Waals surface area contributed by atoms with Crippen LogP contribution >= 0.6 is 0 Å². The van der Waals surface area contributed by atoms with Gasteiger partial charge >= 0.3 is 6.18 Å². The lowest BCUT2D eigenvalue weighted by Gasteiger charge is -2.41. The van der Waals surface area contributed by atoms with Gasteiger partial charge in [-0.05, 0) is 32.4 Å². The molecule has 0 bridgehead atoms. The molecule has 2 heterocycles. The van der Waals surface area contributed by atoms with Crippen LogP contribution in [0.5, 0.6) is 0 Å². The van der Waals surface area contributed by atoms with Crippen LogP contribution in [-0.4, -0.2) is 48.7 Å². The van der Waals surface area contributed by atoms with Gasteiger partial charge in [-0.25, -0.2) is 0 Å². The monoisotopic (exact) mass is 265 g/mol. The summed E-state index contributed by atoms with van der Waals surface area (Å²) >= 11 is 0. The summed E-state index contributed by atoms with van der Waals surface area (Å²) in [7, 11) is 0. The molecule has 7 heteroatoms. The number of halogens is 3. The van der Waals surface area contributed by atoms with E-state index < -0.39 is 12.2 Å². The molecule has 3 N–H and O–H groups in total. The zero-order valence-electron chi connectivity index (χ0n) is 10.0. The van der Waals surface area contributed by atoms with Crippen LogP contribution in [0.1, 0.15) is 19.3 Å². The fraction of sp³-hybridized carbons (Fsp3) is 0.909. The predicted molar refractivity (Wildman–Crippen MR) is 59.7 cm³/mol. The number of nitrogens with one attached hydrogen (secondary N) is 1. The van der Waals surface area contributed by atoms with Gasteiger partial charge < -0.3 is 11.1 Å². The maximum absolute atomic E-state index is 13.0. The summed E-state index contributed by atoms with van der Waals surface area (Å²) < 4.78 is 39.1. The number of fused-ring (bicyclic) bond motifs is 1. The van der Waals surface area contributed by atoms with Gasteiger partial charge in [0.25, 0.3) is 0 Å². The van der Waals surface area contributed by atoms with Gasteiger partial charge in [-0.1, -0.05) is 0 Å². The van der Waals surface area contributed by atoms with Crippen molar-refractivity contribution in [3.8, 4) is 0 Å². The third-order valence-corrected chi connectivity index (χ3v) is 3.86. The highest BCUT2D eigenvalue weighted by molar-refractivity contribution is 5.82. The number of amides is 1. The van der Waals surface area contributed by atoms with Crippen LogP contribution in [0.25, 0.3) is 0 Å². The topological polar surface area (TPSA) is 58.4 Å². The van der Waals surface area contributed by atoms with Gasteiger partial charge in [0.1, 0.15) is 6.04 Å². The Hall–Kier alpha value is -0.820. The molecule has 3 atom stereocenters. The molecule has 3 unspecified atom stereocenters. The number of hydrogen-bond donors (Lipinski definition) is 2. The summed E-state index contributed by atoms with van der Waals surface area (Å²) in [4.78, 5) is 13.0. The lowest BCUT2D eigenvalue weighted by molar-refractivity contribution is -0.195. The summed E-state index contributed by atoms with van der Waals surface area (Å²) in [5, 5.41) is 2.66. The van der Waals surface area contributed by atoms with E-state index in [1.807, 2.05) is 0 Å². The van der Waals surface area contributed by atoms with E-state index in [0.717, 1.165) is 0 Å². The van der Waals surface area contributed by atoms with Gasteiger partial charge in [-0.3, -0.25) is 9.69 Å². The maximum Gasteiger partial charge on any atom is 0.404 e. The largest absolute Gasteiger partial charge is 0.404 e. The van der Waals surface area contributed by atoms with E-state index in [1.165, 1.54) is 4.90 Å². The SMILES string of the molecule is NCCC(N1CCCC2C(=O)NCC21)C(F)(F)F. The average Bonchev–Trinajstić information content (AvgIpc) is 2.67. The van der Waals surface area contributed by atoms with E-state index in [-0.39, 0.29) is 30.8 Å². The van der Waals surface area contributed by atoms with Crippen molar-refractivity contribution in [2.75, 3.05) is 19.6 Å². The first kappa shape index (κ1) is 13.6. The van der Waals surface area contributed by atoms with Gasteiger partial charge in [-0.2, -0.15) is 13.2 Å². The zero-order chi connectivity index (χ0) is 13.3. The average molecular weight is 265 g/mol. The second-order valence-corrected chi connectivity index (χ2v) is 4.93. The molecule has 104 valence electrons. The number of piperidine rings is 1. The fourth-order valence-electron chi connectivity index (χ4n) is 3.05. The zero-order valence-corrected chi connectivity index (χ0v) is 10.0. The number of nitrogens with zero attached hydrogens (tertiary/aromatic N) is 1. The van der Waals surface area contributed by atoms with Crippen molar-refractivity contribution < 1.29 is 18.0 Å². The fourth-order valence-corrected chi connectivity index (χ4v) is 3.05. The minimum Gasteiger partial charge on any atom is -0.354 e. The molecule has 2 rings (SSSR count). The third-order valence-electron chi connectivity index (χ3n) is 3.86. The van der Waals surface area contributed by atoms with Crippen molar-refractivity contribution in [1.29, 1.82) is 0 Å². The van der Waals surface area contributed by atoms with E-state index in [2.05, 4.69) is 5.32 Å². The number of nitrogens with two attached hydrogens (primary N) is 1. The molecule has 2 saturated heterocycles. The van der Waals surface area contributed by atoms with Crippen molar-refractivity contribution >= 4 is 5.91 Å².